The van der Waals surface area contributed by atoms with Gasteiger partial charge in [0.2, 0.25) is 5.91 Å². The number of piperazine rings is 1. The Morgan fingerprint density at radius 3 is 2.67 bits per heavy atom. The molecule has 0 radical (unpaired) electrons. The van der Waals surface area contributed by atoms with Crippen molar-refractivity contribution in [3.63, 3.8) is 0 Å². The molecule has 1 aliphatic heterocycles. The molecule has 1 saturated heterocycles. The van der Waals surface area contributed by atoms with E-state index in [9.17, 15) is 4.79 Å². The van der Waals surface area contributed by atoms with Gasteiger partial charge in [-0.15, -0.1) is 0 Å². The van der Waals surface area contributed by atoms with Crippen molar-refractivity contribution in [2.45, 2.75) is 25.8 Å². The second kappa shape index (κ2) is 7.58. The molecule has 1 amide bonds. The molecule has 21 heavy (non-hydrogen) atoms. The van der Waals surface area contributed by atoms with Crippen LogP contribution in [0.1, 0.15) is 18.9 Å². The number of carbonyl (C=O) groups is 1. The van der Waals surface area contributed by atoms with Gasteiger partial charge in [-0.25, -0.2) is 0 Å². The quantitative estimate of drug-likeness (QED) is 0.838. The molecule has 1 heterocycles. The minimum absolute atomic E-state index is 0.0210. The van der Waals surface area contributed by atoms with Crippen LogP contribution in [0.3, 0.4) is 0 Å². The van der Waals surface area contributed by atoms with Gasteiger partial charge in [0.1, 0.15) is 0 Å². The number of nitriles is 1. The Kier molecular flexibility index (Phi) is 5.77. The van der Waals surface area contributed by atoms with Crippen molar-refractivity contribution in [3.05, 3.63) is 34.3 Å². The zero-order valence-corrected chi connectivity index (χ0v) is 13.8. The van der Waals surface area contributed by atoms with Gasteiger partial charge in [0.05, 0.1) is 18.5 Å². The summed E-state index contributed by atoms with van der Waals surface area (Å²) in [7, 11) is 0. The van der Waals surface area contributed by atoms with Crippen molar-refractivity contribution in [2.75, 3.05) is 26.2 Å². The van der Waals surface area contributed by atoms with Crippen LogP contribution < -0.4 is 0 Å². The Morgan fingerprint density at radius 2 is 2.10 bits per heavy atom. The van der Waals surface area contributed by atoms with Crippen LogP contribution in [-0.2, 0) is 11.2 Å². The Morgan fingerprint density at radius 1 is 1.38 bits per heavy atom. The van der Waals surface area contributed by atoms with Gasteiger partial charge in [-0.3, -0.25) is 9.69 Å². The molecule has 4 nitrogen and oxygen atoms in total. The fraction of sp³-hybridized carbons (Fsp3) is 0.500. The zero-order valence-electron chi connectivity index (χ0n) is 12.3. The highest BCUT2D eigenvalue weighted by Crippen LogP contribution is 2.14. The molecular formula is C16H20BrN3O. The van der Waals surface area contributed by atoms with Crippen LogP contribution in [0.5, 0.6) is 0 Å². The van der Waals surface area contributed by atoms with Crippen molar-refractivity contribution in [1.29, 1.82) is 5.26 Å². The number of nitrogens with zero attached hydrogens (tertiary/aromatic N) is 3. The van der Waals surface area contributed by atoms with Gasteiger partial charge < -0.3 is 4.90 Å². The summed E-state index contributed by atoms with van der Waals surface area (Å²) < 4.78 is 0.998. The van der Waals surface area contributed by atoms with Crippen molar-refractivity contribution >= 4 is 21.8 Å². The van der Waals surface area contributed by atoms with E-state index < -0.39 is 0 Å². The van der Waals surface area contributed by atoms with E-state index in [1.54, 1.807) is 0 Å². The number of halogens is 1. The smallest absolute Gasteiger partial charge is 0.227 e. The third-order valence-electron chi connectivity index (χ3n) is 3.89. The van der Waals surface area contributed by atoms with E-state index >= 15 is 0 Å². The molecule has 1 aromatic rings. The van der Waals surface area contributed by atoms with Gasteiger partial charge in [-0.05, 0) is 24.1 Å². The summed E-state index contributed by atoms with van der Waals surface area (Å²) in [6.45, 7) is 5.03. The molecule has 112 valence electrons. The molecule has 0 aliphatic carbocycles. The molecular weight excluding hydrogens is 330 g/mol. The van der Waals surface area contributed by atoms with E-state index in [-0.39, 0.29) is 11.9 Å². The standard InChI is InChI=1S/C16H20BrN3O/c1-2-15(12-18)19-6-8-20(9-7-19)16(21)11-13-4-3-5-14(17)10-13/h3-5,10,15H,2,6-9,11H2,1H3. The summed E-state index contributed by atoms with van der Waals surface area (Å²) in [6.07, 6.45) is 1.28. The second-order valence-electron chi connectivity index (χ2n) is 5.28. The van der Waals surface area contributed by atoms with Crippen molar-refractivity contribution < 1.29 is 4.79 Å². The highest BCUT2D eigenvalue weighted by Gasteiger charge is 2.25. The molecule has 1 fully saturated rings. The minimum atomic E-state index is -0.0210. The first-order chi connectivity index (χ1) is 10.1. The van der Waals surface area contributed by atoms with Crippen LogP contribution >= 0.6 is 15.9 Å². The number of benzene rings is 1. The Bertz CT molecular complexity index is 533. The van der Waals surface area contributed by atoms with E-state index in [0.717, 1.165) is 29.5 Å². The molecule has 1 aliphatic rings. The molecule has 1 unspecified atom stereocenters. The van der Waals surface area contributed by atoms with Crippen LogP contribution in [-0.4, -0.2) is 47.9 Å². The third-order valence-corrected chi connectivity index (χ3v) is 4.38. The van der Waals surface area contributed by atoms with Gasteiger partial charge in [-0.1, -0.05) is 35.0 Å². The average Bonchev–Trinajstić information content (AvgIpc) is 2.49. The molecule has 5 heteroatoms. The normalized spacial score (nSPS) is 17.3. The van der Waals surface area contributed by atoms with Crippen molar-refractivity contribution in [2.24, 2.45) is 0 Å². The van der Waals surface area contributed by atoms with Gasteiger partial charge in [0.25, 0.3) is 0 Å². The third kappa shape index (κ3) is 4.29. The summed E-state index contributed by atoms with van der Waals surface area (Å²) in [5.74, 6) is 0.165. The maximum Gasteiger partial charge on any atom is 0.227 e. The lowest BCUT2D eigenvalue weighted by atomic mass is 10.1. The Labute approximate surface area is 134 Å². The summed E-state index contributed by atoms with van der Waals surface area (Å²) in [5.41, 5.74) is 1.03. The lowest BCUT2D eigenvalue weighted by molar-refractivity contribution is -0.132. The van der Waals surface area contributed by atoms with Gasteiger partial charge in [-0.2, -0.15) is 5.26 Å². The lowest BCUT2D eigenvalue weighted by Crippen LogP contribution is -2.51. The number of rotatable bonds is 4. The first-order valence-corrected chi connectivity index (χ1v) is 8.09. The highest BCUT2D eigenvalue weighted by atomic mass is 79.9. The molecule has 1 aromatic carbocycles. The number of hydrogen-bond donors (Lipinski definition) is 0. The fourth-order valence-electron chi connectivity index (χ4n) is 2.65. The van der Waals surface area contributed by atoms with E-state index in [1.807, 2.05) is 36.1 Å². The first kappa shape index (κ1) is 16.0. The summed E-state index contributed by atoms with van der Waals surface area (Å²) in [6, 6.07) is 10.2. The van der Waals surface area contributed by atoms with Gasteiger partial charge >= 0.3 is 0 Å². The number of amides is 1. The molecule has 0 bridgehead atoms. The Balaban J connectivity index is 1.87. The fourth-order valence-corrected chi connectivity index (χ4v) is 3.09. The van der Waals surface area contributed by atoms with Crippen LogP contribution in [0.25, 0.3) is 0 Å². The van der Waals surface area contributed by atoms with Crippen LogP contribution in [0.4, 0.5) is 0 Å². The summed E-state index contributed by atoms with van der Waals surface area (Å²) >= 11 is 3.43. The van der Waals surface area contributed by atoms with E-state index in [4.69, 9.17) is 5.26 Å². The van der Waals surface area contributed by atoms with E-state index in [1.165, 1.54) is 0 Å². The van der Waals surface area contributed by atoms with Crippen molar-refractivity contribution in [3.8, 4) is 6.07 Å². The SMILES string of the molecule is CCC(C#N)N1CCN(C(=O)Cc2cccc(Br)c2)CC1. The largest absolute Gasteiger partial charge is 0.340 e. The molecule has 0 N–H and O–H groups in total. The molecule has 0 saturated carbocycles. The molecule has 0 aromatic heterocycles. The summed E-state index contributed by atoms with van der Waals surface area (Å²) in [4.78, 5) is 16.4. The number of hydrogen-bond acceptors (Lipinski definition) is 3. The highest BCUT2D eigenvalue weighted by molar-refractivity contribution is 9.10. The van der Waals surface area contributed by atoms with Gasteiger partial charge in [0.15, 0.2) is 0 Å². The predicted molar refractivity (Wildman–Crippen MR) is 85.7 cm³/mol. The molecule has 1 atom stereocenters. The zero-order chi connectivity index (χ0) is 15.2. The monoisotopic (exact) mass is 349 g/mol. The van der Waals surface area contributed by atoms with Crippen LogP contribution in [0.15, 0.2) is 28.7 Å². The van der Waals surface area contributed by atoms with Gasteiger partial charge in [0, 0.05) is 30.7 Å². The predicted octanol–water partition coefficient (Wildman–Crippen LogP) is 2.44. The van der Waals surface area contributed by atoms with Crippen LogP contribution in [0.2, 0.25) is 0 Å². The maximum atomic E-state index is 12.3. The second-order valence-corrected chi connectivity index (χ2v) is 6.19. The topological polar surface area (TPSA) is 47.3 Å². The Hall–Kier alpha value is -1.38. The average molecular weight is 350 g/mol. The molecule has 2 rings (SSSR count). The maximum absolute atomic E-state index is 12.3. The lowest BCUT2D eigenvalue weighted by Gasteiger charge is -2.36. The van der Waals surface area contributed by atoms with Crippen molar-refractivity contribution in [1.82, 2.24) is 9.80 Å². The van der Waals surface area contributed by atoms with E-state index in [2.05, 4.69) is 26.9 Å². The number of carbonyl (C=O) groups excluding carboxylic acids is 1. The molecule has 0 spiro atoms. The van der Waals surface area contributed by atoms with Crippen LogP contribution in [0, 0.1) is 11.3 Å². The summed E-state index contributed by atoms with van der Waals surface area (Å²) in [5, 5.41) is 9.10. The minimum Gasteiger partial charge on any atom is -0.340 e. The first-order valence-electron chi connectivity index (χ1n) is 7.30. The van der Waals surface area contributed by atoms with E-state index in [0.29, 0.717) is 19.5 Å².